The molecule has 1 aromatic carbocycles. The number of amides is 1. The van der Waals surface area contributed by atoms with Gasteiger partial charge in [-0.15, -0.1) is 0 Å². The fourth-order valence-corrected chi connectivity index (χ4v) is 2.34. The molecule has 2 rings (SSSR count). The zero-order chi connectivity index (χ0) is 14.5. The third kappa shape index (κ3) is 3.61. The van der Waals surface area contributed by atoms with Crippen molar-refractivity contribution in [2.24, 2.45) is 0 Å². The summed E-state index contributed by atoms with van der Waals surface area (Å²) >= 11 is 0. The molecular formula is C14H21N3O3. The van der Waals surface area contributed by atoms with E-state index in [-0.39, 0.29) is 12.0 Å². The Hall–Kier alpha value is -1.79. The molecule has 3 N–H and O–H groups in total. The van der Waals surface area contributed by atoms with Crippen LogP contribution in [0.15, 0.2) is 18.2 Å². The number of ether oxygens (including phenoxy) is 2. The fourth-order valence-electron chi connectivity index (χ4n) is 2.34. The molecule has 1 unspecified atom stereocenters. The van der Waals surface area contributed by atoms with Gasteiger partial charge in [0.1, 0.15) is 5.75 Å². The van der Waals surface area contributed by atoms with Crippen molar-refractivity contribution >= 4 is 17.3 Å². The molecule has 20 heavy (non-hydrogen) atoms. The highest BCUT2D eigenvalue weighted by atomic mass is 16.5. The van der Waals surface area contributed by atoms with Crippen LogP contribution in [0.2, 0.25) is 0 Å². The number of rotatable bonds is 5. The molecule has 1 heterocycles. The van der Waals surface area contributed by atoms with Crippen LogP contribution >= 0.6 is 0 Å². The van der Waals surface area contributed by atoms with Gasteiger partial charge in [-0.05, 0) is 18.6 Å². The number of nitrogens with two attached hydrogens (primary N) is 1. The van der Waals surface area contributed by atoms with E-state index < -0.39 is 0 Å². The van der Waals surface area contributed by atoms with E-state index in [1.807, 2.05) is 0 Å². The standard InChI is InChI=1S/C14H21N3O3/c1-19-11-5-6-17(8-11)9-14(18)16-12-4-3-10(15)7-13(12)20-2/h3-4,7,11H,5-6,8-9,15H2,1-2H3,(H,16,18). The van der Waals surface area contributed by atoms with Crippen LogP contribution in [0.25, 0.3) is 0 Å². The first-order chi connectivity index (χ1) is 9.62. The summed E-state index contributed by atoms with van der Waals surface area (Å²) in [4.78, 5) is 14.1. The van der Waals surface area contributed by atoms with Crippen LogP contribution in [-0.2, 0) is 9.53 Å². The van der Waals surface area contributed by atoms with Crippen molar-refractivity contribution in [1.82, 2.24) is 4.90 Å². The maximum atomic E-state index is 12.0. The summed E-state index contributed by atoms with van der Waals surface area (Å²) in [6.07, 6.45) is 1.20. The van der Waals surface area contributed by atoms with Gasteiger partial charge in [-0.1, -0.05) is 0 Å². The Labute approximate surface area is 118 Å². The number of methoxy groups -OCH3 is 2. The SMILES string of the molecule is COc1cc(N)ccc1NC(=O)CN1CCC(OC)C1. The van der Waals surface area contributed by atoms with Gasteiger partial charge in [0, 0.05) is 32.0 Å². The molecule has 1 aliphatic rings. The lowest BCUT2D eigenvalue weighted by Gasteiger charge is -2.16. The lowest BCUT2D eigenvalue weighted by Crippen LogP contribution is -2.32. The maximum absolute atomic E-state index is 12.0. The second kappa shape index (κ2) is 6.58. The van der Waals surface area contributed by atoms with Crippen LogP contribution in [0.4, 0.5) is 11.4 Å². The Morgan fingerprint density at radius 2 is 2.30 bits per heavy atom. The van der Waals surface area contributed by atoms with Gasteiger partial charge in [0.25, 0.3) is 0 Å². The van der Waals surface area contributed by atoms with Gasteiger partial charge in [0.05, 0.1) is 25.4 Å². The number of nitrogens with zero attached hydrogens (tertiary/aromatic N) is 1. The molecule has 1 aliphatic heterocycles. The lowest BCUT2D eigenvalue weighted by molar-refractivity contribution is -0.117. The van der Waals surface area contributed by atoms with E-state index in [2.05, 4.69) is 10.2 Å². The normalized spacial score (nSPS) is 19.0. The van der Waals surface area contributed by atoms with E-state index >= 15 is 0 Å². The van der Waals surface area contributed by atoms with Crippen molar-refractivity contribution in [3.63, 3.8) is 0 Å². The smallest absolute Gasteiger partial charge is 0.238 e. The summed E-state index contributed by atoms with van der Waals surface area (Å²) in [6, 6.07) is 5.16. The number of carbonyl (C=O) groups excluding carboxylic acids is 1. The molecule has 6 nitrogen and oxygen atoms in total. The van der Waals surface area contributed by atoms with Gasteiger partial charge in [-0.2, -0.15) is 0 Å². The first-order valence-electron chi connectivity index (χ1n) is 6.61. The van der Waals surface area contributed by atoms with Crippen molar-refractivity contribution in [2.75, 3.05) is 44.9 Å². The molecule has 110 valence electrons. The van der Waals surface area contributed by atoms with Gasteiger partial charge < -0.3 is 20.5 Å². The minimum atomic E-state index is -0.0650. The Morgan fingerprint density at radius 1 is 1.50 bits per heavy atom. The molecule has 0 spiro atoms. The van der Waals surface area contributed by atoms with Crippen molar-refractivity contribution < 1.29 is 14.3 Å². The summed E-state index contributed by atoms with van der Waals surface area (Å²) in [5.41, 5.74) is 6.91. The third-order valence-corrected chi connectivity index (χ3v) is 3.43. The van der Waals surface area contributed by atoms with Crippen LogP contribution in [0.3, 0.4) is 0 Å². The summed E-state index contributed by atoms with van der Waals surface area (Å²) in [5, 5.41) is 2.85. The van der Waals surface area contributed by atoms with Crippen molar-refractivity contribution in [1.29, 1.82) is 0 Å². The topological polar surface area (TPSA) is 76.8 Å². The van der Waals surface area contributed by atoms with E-state index in [9.17, 15) is 4.79 Å². The summed E-state index contributed by atoms with van der Waals surface area (Å²) < 4.78 is 10.5. The van der Waals surface area contributed by atoms with Gasteiger partial charge >= 0.3 is 0 Å². The van der Waals surface area contributed by atoms with E-state index in [0.717, 1.165) is 19.5 Å². The van der Waals surface area contributed by atoms with Crippen molar-refractivity contribution in [3.05, 3.63) is 18.2 Å². The number of likely N-dealkylation sites (tertiary alicyclic amines) is 1. The third-order valence-electron chi connectivity index (χ3n) is 3.43. The average Bonchev–Trinajstić information content (AvgIpc) is 2.88. The molecule has 0 aliphatic carbocycles. The first kappa shape index (κ1) is 14.6. The molecule has 0 radical (unpaired) electrons. The number of nitrogens with one attached hydrogen (secondary N) is 1. The fraction of sp³-hybridized carbons (Fsp3) is 0.500. The lowest BCUT2D eigenvalue weighted by atomic mass is 10.2. The Morgan fingerprint density at radius 3 is 2.95 bits per heavy atom. The highest BCUT2D eigenvalue weighted by molar-refractivity contribution is 5.94. The molecule has 1 fully saturated rings. The molecule has 0 bridgehead atoms. The number of benzene rings is 1. The van der Waals surface area contributed by atoms with Crippen molar-refractivity contribution in [2.45, 2.75) is 12.5 Å². The second-order valence-electron chi connectivity index (χ2n) is 4.89. The molecule has 1 amide bonds. The Balaban J connectivity index is 1.92. The van der Waals surface area contributed by atoms with Gasteiger partial charge in [-0.25, -0.2) is 0 Å². The first-order valence-corrected chi connectivity index (χ1v) is 6.61. The van der Waals surface area contributed by atoms with E-state index in [0.29, 0.717) is 23.7 Å². The zero-order valence-electron chi connectivity index (χ0n) is 11.9. The number of nitrogen functional groups attached to an aromatic ring is 1. The van der Waals surface area contributed by atoms with Crippen molar-refractivity contribution in [3.8, 4) is 5.75 Å². The number of hydrogen-bond acceptors (Lipinski definition) is 5. The molecule has 1 saturated heterocycles. The quantitative estimate of drug-likeness (QED) is 0.784. The summed E-state index contributed by atoms with van der Waals surface area (Å²) in [6.45, 7) is 2.03. The largest absolute Gasteiger partial charge is 0.494 e. The molecule has 6 heteroatoms. The monoisotopic (exact) mass is 279 g/mol. The molecular weight excluding hydrogens is 258 g/mol. The molecule has 0 aromatic heterocycles. The van der Waals surface area contributed by atoms with Crippen LogP contribution in [0, 0.1) is 0 Å². The molecule has 1 aromatic rings. The van der Waals surface area contributed by atoms with Crippen LogP contribution in [0.1, 0.15) is 6.42 Å². The molecule has 1 atom stereocenters. The highest BCUT2D eigenvalue weighted by Gasteiger charge is 2.23. The number of hydrogen-bond donors (Lipinski definition) is 2. The maximum Gasteiger partial charge on any atom is 0.238 e. The van der Waals surface area contributed by atoms with Gasteiger partial charge in [0.15, 0.2) is 0 Å². The predicted molar refractivity (Wildman–Crippen MR) is 77.9 cm³/mol. The summed E-state index contributed by atoms with van der Waals surface area (Å²) in [7, 11) is 3.25. The van der Waals surface area contributed by atoms with Gasteiger partial charge in [-0.3, -0.25) is 9.69 Å². The van der Waals surface area contributed by atoms with Gasteiger partial charge in [0.2, 0.25) is 5.91 Å². The van der Waals surface area contributed by atoms with E-state index in [4.69, 9.17) is 15.2 Å². The Kier molecular flexibility index (Phi) is 4.81. The molecule has 0 saturated carbocycles. The number of carbonyl (C=O) groups is 1. The zero-order valence-corrected chi connectivity index (χ0v) is 11.9. The Bertz CT molecular complexity index is 479. The van der Waals surface area contributed by atoms with E-state index in [1.54, 1.807) is 32.4 Å². The summed E-state index contributed by atoms with van der Waals surface area (Å²) in [5.74, 6) is 0.499. The van der Waals surface area contributed by atoms with Crippen LogP contribution in [0.5, 0.6) is 5.75 Å². The second-order valence-corrected chi connectivity index (χ2v) is 4.89. The average molecular weight is 279 g/mol. The highest BCUT2D eigenvalue weighted by Crippen LogP contribution is 2.26. The minimum absolute atomic E-state index is 0.0650. The minimum Gasteiger partial charge on any atom is -0.494 e. The van der Waals surface area contributed by atoms with Crippen LogP contribution in [-0.4, -0.2) is 50.8 Å². The predicted octanol–water partition coefficient (Wildman–Crippen LogP) is 0.937. The van der Waals surface area contributed by atoms with Crippen LogP contribution < -0.4 is 15.8 Å². The number of anilines is 2. The van der Waals surface area contributed by atoms with E-state index in [1.165, 1.54) is 0 Å².